The van der Waals surface area contributed by atoms with Gasteiger partial charge in [0.15, 0.2) is 5.96 Å². The van der Waals surface area contributed by atoms with Gasteiger partial charge in [-0.25, -0.2) is 0 Å². The third-order valence-electron chi connectivity index (χ3n) is 5.06. The zero-order chi connectivity index (χ0) is 18.4. The van der Waals surface area contributed by atoms with Crippen molar-refractivity contribution in [3.05, 3.63) is 35.4 Å². The zero-order valence-electron chi connectivity index (χ0n) is 16.5. The molecule has 0 amide bonds. The summed E-state index contributed by atoms with van der Waals surface area (Å²) in [6.45, 7) is 9.03. The SMILES string of the molecule is CN=C(NCC(C)(C)c1ccc(C)cc1)N1CCC(C(=O)OC)CC1.I. The van der Waals surface area contributed by atoms with Crippen LogP contribution in [0.15, 0.2) is 29.3 Å². The molecule has 1 fully saturated rings. The molecule has 0 saturated carbocycles. The van der Waals surface area contributed by atoms with E-state index in [0.29, 0.717) is 0 Å². The van der Waals surface area contributed by atoms with Crippen LogP contribution in [0.4, 0.5) is 0 Å². The molecular formula is C20H32IN3O2. The van der Waals surface area contributed by atoms with Crippen LogP contribution in [0.5, 0.6) is 0 Å². The van der Waals surface area contributed by atoms with Crippen LogP contribution in [0.1, 0.15) is 37.8 Å². The summed E-state index contributed by atoms with van der Waals surface area (Å²) < 4.78 is 4.86. The third kappa shape index (κ3) is 5.86. The Morgan fingerprint density at radius 3 is 2.35 bits per heavy atom. The van der Waals surface area contributed by atoms with Crippen molar-refractivity contribution >= 4 is 35.9 Å². The van der Waals surface area contributed by atoms with Crippen molar-refractivity contribution in [2.45, 2.75) is 39.0 Å². The number of hydrogen-bond donors (Lipinski definition) is 1. The molecule has 1 aromatic carbocycles. The van der Waals surface area contributed by atoms with E-state index in [1.54, 1.807) is 0 Å². The summed E-state index contributed by atoms with van der Waals surface area (Å²) in [5, 5.41) is 3.51. The maximum atomic E-state index is 11.7. The second-order valence-electron chi connectivity index (χ2n) is 7.44. The normalized spacial score (nSPS) is 16.0. The van der Waals surface area contributed by atoms with Gasteiger partial charge >= 0.3 is 5.97 Å². The Balaban J connectivity index is 0.00000338. The molecule has 0 aromatic heterocycles. The Morgan fingerprint density at radius 1 is 1.27 bits per heavy atom. The number of esters is 1. The number of aliphatic imine (C=N–C) groups is 1. The summed E-state index contributed by atoms with van der Waals surface area (Å²) in [7, 11) is 3.27. The number of likely N-dealkylation sites (tertiary alicyclic amines) is 1. The summed E-state index contributed by atoms with van der Waals surface area (Å²) in [5.41, 5.74) is 2.59. The summed E-state index contributed by atoms with van der Waals surface area (Å²) in [5.74, 6) is 0.829. The first-order chi connectivity index (χ1) is 11.9. The quantitative estimate of drug-likeness (QED) is 0.316. The fourth-order valence-corrected chi connectivity index (χ4v) is 3.23. The average Bonchev–Trinajstić information content (AvgIpc) is 2.62. The van der Waals surface area contributed by atoms with Gasteiger partial charge in [-0.15, -0.1) is 24.0 Å². The van der Waals surface area contributed by atoms with Crippen molar-refractivity contribution in [2.24, 2.45) is 10.9 Å². The molecule has 1 aromatic rings. The molecular weight excluding hydrogens is 441 g/mol. The van der Waals surface area contributed by atoms with E-state index in [4.69, 9.17) is 4.74 Å². The van der Waals surface area contributed by atoms with Crippen molar-refractivity contribution in [1.29, 1.82) is 0 Å². The second-order valence-corrected chi connectivity index (χ2v) is 7.44. The Bertz CT molecular complexity index is 606. The first kappa shape index (κ1) is 22.7. The first-order valence-corrected chi connectivity index (χ1v) is 8.98. The van der Waals surface area contributed by atoms with Crippen molar-refractivity contribution in [1.82, 2.24) is 10.2 Å². The number of rotatable bonds is 4. The van der Waals surface area contributed by atoms with E-state index in [1.807, 2.05) is 7.05 Å². The number of aryl methyl sites for hydroxylation is 1. The third-order valence-corrected chi connectivity index (χ3v) is 5.06. The lowest BCUT2D eigenvalue weighted by Crippen LogP contribution is -2.49. The van der Waals surface area contributed by atoms with E-state index in [9.17, 15) is 4.79 Å². The summed E-state index contributed by atoms with van der Waals surface area (Å²) in [4.78, 5) is 18.3. The highest BCUT2D eigenvalue weighted by molar-refractivity contribution is 14.0. The second kappa shape index (κ2) is 10.1. The van der Waals surface area contributed by atoms with Crippen LogP contribution in [0.25, 0.3) is 0 Å². The molecule has 0 atom stereocenters. The van der Waals surface area contributed by atoms with Gasteiger partial charge in [-0.3, -0.25) is 9.79 Å². The number of nitrogens with one attached hydrogen (secondary N) is 1. The Labute approximate surface area is 174 Å². The van der Waals surface area contributed by atoms with Gasteiger partial charge in [0, 0.05) is 32.1 Å². The van der Waals surface area contributed by atoms with Crippen LogP contribution in [0.2, 0.25) is 0 Å². The monoisotopic (exact) mass is 473 g/mol. The number of carbonyl (C=O) groups is 1. The fraction of sp³-hybridized carbons (Fsp3) is 0.600. The molecule has 5 nitrogen and oxygen atoms in total. The number of carbonyl (C=O) groups excluding carboxylic acids is 1. The van der Waals surface area contributed by atoms with Gasteiger partial charge in [0.2, 0.25) is 0 Å². The Hall–Kier alpha value is -1.31. The molecule has 1 aliphatic rings. The summed E-state index contributed by atoms with van der Waals surface area (Å²) in [6, 6.07) is 8.70. The van der Waals surface area contributed by atoms with E-state index in [0.717, 1.165) is 38.4 Å². The molecule has 1 N–H and O–H groups in total. The van der Waals surface area contributed by atoms with Gasteiger partial charge in [0.1, 0.15) is 0 Å². The lowest BCUT2D eigenvalue weighted by Gasteiger charge is -2.35. The van der Waals surface area contributed by atoms with Gasteiger partial charge in [0.05, 0.1) is 13.0 Å². The molecule has 2 rings (SSSR count). The number of hydrogen-bond acceptors (Lipinski definition) is 3. The number of piperidine rings is 1. The number of ether oxygens (including phenoxy) is 1. The van der Waals surface area contributed by atoms with E-state index >= 15 is 0 Å². The molecule has 0 unspecified atom stereocenters. The maximum absolute atomic E-state index is 11.7. The first-order valence-electron chi connectivity index (χ1n) is 8.98. The van der Waals surface area contributed by atoms with Crippen LogP contribution >= 0.6 is 24.0 Å². The van der Waals surface area contributed by atoms with Crippen molar-refractivity contribution < 1.29 is 9.53 Å². The molecule has 1 heterocycles. The van der Waals surface area contributed by atoms with Gasteiger partial charge in [-0.2, -0.15) is 0 Å². The van der Waals surface area contributed by atoms with Crippen LogP contribution in [0, 0.1) is 12.8 Å². The minimum atomic E-state index is -0.0944. The lowest BCUT2D eigenvalue weighted by molar-refractivity contribution is -0.146. The topological polar surface area (TPSA) is 53.9 Å². The minimum absolute atomic E-state index is 0. The number of halogens is 1. The molecule has 0 spiro atoms. The van der Waals surface area contributed by atoms with E-state index < -0.39 is 0 Å². The van der Waals surface area contributed by atoms with Gasteiger partial charge < -0.3 is 15.0 Å². The van der Waals surface area contributed by atoms with Crippen molar-refractivity contribution in [3.8, 4) is 0 Å². The standard InChI is InChI=1S/C20H31N3O2.HI/c1-15-6-8-17(9-7-15)20(2,3)14-22-19(21-4)23-12-10-16(11-13-23)18(24)25-5;/h6-9,16H,10-14H2,1-5H3,(H,21,22);1H. The van der Waals surface area contributed by atoms with Crippen LogP contribution in [-0.2, 0) is 14.9 Å². The largest absolute Gasteiger partial charge is 0.469 e. The fourth-order valence-electron chi connectivity index (χ4n) is 3.23. The smallest absolute Gasteiger partial charge is 0.308 e. The van der Waals surface area contributed by atoms with E-state index in [1.165, 1.54) is 18.2 Å². The number of guanidine groups is 1. The highest BCUT2D eigenvalue weighted by Gasteiger charge is 2.28. The van der Waals surface area contributed by atoms with Crippen molar-refractivity contribution in [2.75, 3.05) is 33.8 Å². The summed E-state index contributed by atoms with van der Waals surface area (Å²) >= 11 is 0. The number of nitrogens with zero attached hydrogens (tertiary/aromatic N) is 2. The lowest BCUT2D eigenvalue weighted by atomic mass is 9.84. The van der Waals surface area contributed by atoms with Crippen molar-refractivity contribution in [3.63, 3.8) is 0 Å². The molecule has 1 aliphatic heterocycles. The number of methoxy groups -OCH3 is 1. The summed E-state index contributed by atoms with van der Waals surface area (Å²) in [6.07, 6.45) is 1.63. The van der Waals surface area contributed by atoms with Gasteiger partial charge in [-0.05, 0) is 25.3 Å². The average molecular weight is 473 g/mol. The van der Waals surface area contributed by atoms with Gasteiger partial charge in [0.25, 0.3) is 0 Å². The molecule has 0 radical (unpaired) electrons. The predicted octanol–water partition coefficient (Wildman–Crippen LogP) is 3.35. The maximum Gasteiger partial charge on any atom is 0.308 e. The molecule has 26 heavy (non-hydrogen) atoms. The number of benzene rings is 1. The van der Waals surface area contributed by atoms with Crippen LogP contribution < -0.4 is 5.32 Å². The zero-order valence-corrected chi connectivity index (χ0v) is 18.9. The molecule has 1 saturated heterocycles. The minimum Gasteiger partial charge on any atom is -0.469 e. The molecule has 146 valence electrons. The molecule has 6 heteroatoms. The van der Waals surface area contributed by atoms with Crippen LogP contribution in [0.3, 0.4) is 0 Å². The van der Waals surface area contributed by atoms with Crippen LogP contribution in [-0.4, -0.2) is 50.6 Å². The predicted molar refractivity (Wildman–Crippen MR) is 117 cm³/mol. The van der Waals surface area contributed by atoms with Gasteiger partial charge in [-0.1, -0.05) is 43.7 Å². The Morgan fingerprint density at radius 2 is 1.85 bits per heavy atom. The highest BCUT2D eigenvalue weighted by Crippen LogP contribution is 2.23. The molecule has 0 aliphatic carbocycles. The highest BCUT2D eigenvalue weighted by atomic mass is 127. The Kier molecular flexibility index (Phi) is 8.86. The van der Waals surface area contributed by atoms with E-state index in [2.05, 4.69) is 60.2 Å². The molecule has 0 bridgehead atoms. The van der Waals surface area contributed by atoms with E-state index in [-0.39, 0.29) is 41.3 Å².